The van der Waals surface area contributed by atoms with Gasteiger partial charge in [0.2, 0.25) is 0 Å². The van der Waals surface area contributed by atoms with Crippen LogP contribution in [0.1, 0.15) is 47.0 Å². The van der Waals surface area contributed by atoms with Crippen LogP contribution in [0.15, 0.2) is 12.2 Å². The minimum Gasteiger partial charge on any atom is -0.359 e. The van der Waals surface area contributed by atoms with Gasteiger partial charge in [0.1, 0.15) is 0 Å². The van der Waals surface area contributed by atoms with E-state index in [1.165, 1.54) is 19.3 Å². The highest BCUT2D eigenvalue weighted by Crippen LogP contribution is 2.29. The molecule has 1 rings (SSSR count). The van der Waals surface area contributed by atoms with E-state index in [4.69, 9.17) is 12.2 Å². The first kappa shape index (κ1) is 14.5. The molecule has 1 heterocycles. The van der Waals surface area contributed by atoms with Crippen molar-refractivity contribution in [2.75, 3.05) is 13.1 Å². The lowest BCUT2D eigenvalue weighted by molar-refractivity contribution is 0.260. The molecular formula is C14H26N2S. The molecule has 0 aromatic rings. The topological polar surface area (TPSA) is 15.3 Å². The standard InChI is InChI=1S/C14H26N2S/c1-11(2)10-15-13(17)16-8-6-7-12(16)9-14(3,4)5/h12H,1,6-10H2,2-5H3,(H,15,17)/t12-/m1/s1. The highest BCUT2D eigenvalue weighted by Gasteiger charge is 2.29. The van der Waals surface area contributed by atoms with Crippen LogP contribution >= 0.6 is 12.2 Å². The second-order valence-electron chi connectivity index (χ2n) is 6.37. The largest absolute Gasteiger partial charge is 0.359 e. The first-order chi connectivity index (χ1) is 7.79. The van der Waals surface area contributed by atoms with E-state index < -0.39 is 0 Å². The van der Waals surface area contributed by atoms with Crippen LogP contribution in [0, 0.1) is 5.41 Å². The van der Waals surface area contributed by atoms with E-state index in [1.54, 1.807) is 0 Å². The summed E-state index contributed by atoms with van der Waals surface area (Å²) in [5, 5.41) is 4.20. The minimum absolute atomic E-state index is 0.372. The quantitative estimate of drug-likeness (QED) is 0.614. The summed E-state index contributed by atoms with van der Waals surface area (Å²) in [6, 6.07) is 0.611. The molecule has 1 N–H and O–H groups in total. The van der Waals surface area contributed by atoms with Gasteiger partial charge in [-0.2, -0.15) is 0 Å². The van der Waals surface area contributed by atoms with E-state index in [2.05, 4.69) is 37.6 Å². The molecule has 2 nitrogen and oxygen atoms in total. The second kappa shape index (κ2) is 5.85. The summed E-state index contributed by atoms with van der Waals surface area (Å²) in [5.41, 5.74) is 1.50. The number of hydrogen-bond donors (Lipinski definition) is 1. The van der Waals surface area contributed by atoms with Crippen LogP contribution in [-0.4, -0.2) is 29.1 Å². The van der Waals surface area contributed by atoms with Crippen molar-refractivity contribution in [2.45, 2.75) is 53.0 Å². The molecule has 0 radical (unpaired) electrons. The lowest BCUT2D eigenvalue weighted by atomic mass is 9.87. The summed E-state index contributed by atoms with van der Waals surface area (Å²) in [7, 11) is 0. The number of hydrogen-bond acceptors (Lipinski definition) is 1. The Bertz CT molecular complexity index is 291. The zero-order chi connectivity index (χ0) is 13.1. The molecule has 3 heteroatoms. The van der Waals surface area contributed by atoms with Crippen molar-refractivity contribution < 1.29 is 0 Å². The van der Waals surface area contributed by atoms with E-state index in [9.17, 15) is 0 Å². The number of likely N-dealkylation sites (tertiary alicyclic amines) is 1. The van der Waals surface area contributed by atoms with Crippen molar-refractivity contribution in [1.29, 1.82) is 0 Å². The zero-order valence-corrected chi connectivity index (χ0v) is 12.5. The molecule has 0 spiro atoms. The maximum atomic E-state index is 5.47. The van der Waals surface area contributed by atoms with Crippen molar-refractivity contribution in [3.63, 3.8) is 0 Å². The number of rotatable bonds is 3. The molecule has 17 heavy (non-hydrogen) atoms. The fraction of sp³-hybridized carbons (Fsp3) is 0.786. The van der Waals surface area contributed by atoms with Crippen LogP contribution in [0.25, 0.3) is 0 Å². The molecule has 1 atom stereocenters. The molecule has 0 aromatic carbocycles. The second-order valence-corrected chi connectivity index (χ2v) is 6.76. The Hall–Kier alpha value is -0.570. The minimum atomic E-state index is 0.372. The first-order valence-corrected chi connectivity index (χ1v) is 6.89. The van der Waals surface area contributed by atoms with Crippen LogP contribution in [0.5, 0.6) is 0 Å². The van der Waals surface area contributed by atoms with E-state index in [-0.39, 0.29) is 0 Å². The highest BCUT2D eigenvalue weighted by molar-refractivity contribution is 7.80. The summed E-state index contributed by atoms with van der Waals surface area (Å²) in [4.78, 5) is 2.36. The third-order valence-corrected chi connectivity index (χ3v) is 3.41. The molecule has 98 valence electrons. The molecule has 0 amide bonds. The Labute approximate surface area is 111 Å². The van der Waals surface area contributed by atoms with Gasteiger partial charge in [-0.15, -0.1) is 0 Å². The average molecular weight is 254 g/mol. The van der Waals surface area contributed by atoms with E-state index in [0.717, 1.165) is 23.8 Å². The van der Waals surface area contributed by atoms with Gasteiger partial charge in [0.15, 0.2) is 5.11 Å². The summed E-state index contributed by atoms with van der Waals surface area (Å²) >= 11 is 5.47. The lowest BCUT2D eigenvalue weighted by Gasteiger charge is -2.32. The Morgan fingerprint density at radius 2 is 2.12 bits per heavy atom. The van der Waals surface area contributed by atoms with Gasteiger partial charge in [0.25, 0.3) is 0 Å². The van der Waals surface area contributed by atoms with E-state index in [1.807, 2.05) is 6.92 Å². The van der Waals surface area contributed by atoms with Crippen molar-refractivity contribution >= 4 is 17.3 Å². The Kier molecular flexibility index (Phi) is 4.99. The molecule has 0 saturated carbocycles. The van der Waals surface area contributed by atoms with Gasteiger partial charge in [-0.25, -0.2) is 0 Å². The van der Waals surface area contributed by atoms with Crippen molar-refractivity contribution in [2.24, 2.45) is 5.41 Å². The van der Waals surface area contributed by atoms with Crippen LogP contribution in [0.2, 0.25) is 0 Å². The van der Waals surface area contributed by atoms with Gasteiger partial charge in [0, 0.05) is 19.1 Å². The summed E-state index contributed by atoms with van der Waals surface area (Å²) in [6.45, 7) is 14.7. The van der Waals surface area contributed by atoms with Crippen LogP contribution in [0.3, 0.4) is 0 Å². The third-order valence-electron chi connectivity index (χ3n) is 3.03. The van der Waals surface area contributed by atoms with Crippen LogP contribution < -0.4 is 5.32 Å². The van der Waals surface area contributed by atoms with Crippen LogP contribution in [0.4, 0.5) is 0 Å². The Morgan fingerprint density at radius 1 is 1.47 bits per heavy atom. The fourth-order valence-electron chi connectivity index (χ4n) is 2.35. The van der Waals surface area contributed by atoms with Crippen molar-refractivity contribution in [3.8, 4) is 0 Å². The highest BCUT2D eigenvalue weighted by atomic mass is 32.1. The van der Waals surface area contributed by atoms with Gasteiger partial charge in [-0.1, -0.05) is 32.9 Å². The predicted molar refractivity (Wildman–Crippen MR) is 79.2 cm³/mol. The third kappa shape index (κ3) is 5.07. The SMILES string of the molecule is C=C(C)CNC(=S)N1CCC[C@@H]1CC(C)(C)C. The number of thiocarbonyl (C=S) groups is 1. The van der Waals surface area contributed by atoms with Gasteiger partial charge >= 0.3 is 0 Å². The predicted octanol–water partition coefficient (Wildman–Crippen LogP) is 3.34. The number of nitrogens with one attached hydrogen (secondary N) is 1. The first-order valence-electron chi connectivity index (χ1n) is 6.48. The summed E-state index contributed by atoms with van der Waals surface area (Å²) < 4.78 is 0. The average Bonchev–Trinajstić information content (AvgIpc) is 2.59. The molecule has 0 unspecified atom stereocenters. The van der Waals surface area contributed by atoms with E-state index >= 15 is 0 Å². The van der Waals surface area contributed by atoms with Crippen molar-refractivity contribution in [1.82, 2.24) is 10.2 Å². The summed E-state index contributed by atoms with van der Waals surface area (Å²) in [5.74, 6) is 0. The van der Waals surface area contributed by atoms with E-state index in [0.29, 0.717) is 11.5 Å². The zero-order valence-electron chi connectivity index (χ0n) is 11.7. The van der Waals surface area contributed by atoms with Gasteiger partial charge < -0.3 is 10.2 Å². The normalized spacial score (nSPS) is 20.5. The molecule has 1 aliphatic heterocycles. The smallest absolute Gasteiger partial charge is 0.169 e. The maximum absolute atomic E-state index is 5.47. The summed E-state index contributed by atoms with van der Waals surface area (Å²) in [6.07, 6.45) is 3.74. The van der Waals surface area contributed by atoms with Gasteiger partial charge in [0.05, 0.1) is 0 Å². The van der Waals surface area contributed by atoms with Gasteiger partial charge in [-0.05, 0) is 43.8 Å². The Balaban J connectivity index is 2.51. The maximum Gasteiger partial charge on any atom is 0.169 e. The molecular weight excluding hydrogens is 228 g/mol. The monoisotopic (exact) mass is 254 g/mol. The Morgan fingerprint density at radius 3 is 2.65 bits per heavy atom. The lowest BCUT2D eigenvalue weighted by Crippen LogP contribution is -2.44. The molecule has 1 aliphatic rings. The fourth-order valence-corrected chi connectivity index (χ4v) is 2.66. The van der Waals surface area contributed by atoms with Crippen LogP contribution in [-0.2, 0) is 0 Å². The van der Waals surface area contributed by atoms with Gasteiger partial charge in [-0.3, -0.25) is 0 Å². The molecule has 1 saturated heterocycles. The number of nitrogens with zero attached hydrogens (tertiary/aromatic N) is 1. The molecule has 0 aliphatic carbocycles. The molecule has 1 fully saturated rings. The molecule has 0 bridgehead atoms. The molecule has 0 aromatic heterocycles. The van der Waals surface area contributed by atoms with Crippen molar-refractivity contribution in [3.05, 3.63) is 12.2 Å².